The molecule has 0 spiro atoms. The van der Waals surface area contributed by atoms with Crippen molar-refractivity contribution in [3.63, 3.8) is 0 Å². The van der Waals surface area contributed by atoms with E-state index in [2.05, 4.69) is 9.88 Å². The van der Waals surface area contributed by atoms with Gasteiger partial charge in [0.05, 0.1) is 17.2 Å². The fourth-order valence-electron chi connectivity index (χ4n) is 1.76. The van der Waals surface area contributed by atoms with Crippen LogP contribution < -0.4 is 4.90 Å². The minimum Gasteiger partial charge on any atom is -0.378 e. The Morgan fingerprint density at radius 3 is 3.12 bits per heavy atom. The van der Waals surface area contributed by atoms with Crippen LogP contribution in [0.2, 0.25) is 0 Å². The van der Waals surface area contributed by atoms with E-state index >= 15 is 0 Å². The molecule has 0 atom stereocenters. The lowest BCUT2D eigenvalue weighted by Gasteiger charge is -2.18. The zero-order chi connectivity index (χ0) is 12.1. The molecule has 1 aliphatic rings. The molecule has 1 saturated heterocycles. The summed E-state index contributed by atoms with van der Waals surface area (Å²) in [5, 5.41) is 0.960. The van der Waals surface area contributed by atoms with Gasteiger partial charge in [0.15, 0.2) is 11.4 Å². The molecule has 17 heavy (non-hydrogen) atoms. The fraction of sp³-hybridized carbons (Fsp3) is 0.636. The number of methoxy groups -OCH3 is 1. The van der Waals surface area contributed by atoms with Gasteiger partial charge in [-0.25, -0.2) is 4.98 Å². The number of thioether (sulfide) groups is 1. The summed E-state index contributed by atoms with van der Waals surface area (Å²) in [7, 11) is 1.62. The Morgan fingerprint density at radius 2 is 2.35 bits per heavy atom. The highest BCUT2D eigenvalue weighted by atomic mass is 32.2. The van der Waals surface area contributed by atoms with Gasteiger partial charge < -0.3 is 9.64 Å². The van der Waals surface area contributed by atoms with Gasteiger partial charge in [-0.05, 0) is 12.2 Å². The number of rotatable bonds is 4. The third-order valence-electron chi connectivity index (χ3n) is 2.60. The normalized spacial score (nSPS) is 16.9. The van der Waals surface area contributed by atoms with Crippen molar-refractivity contribution in [1.29, 1.82) is 0 Å². The minimum atomic E-state index is 0.410. The second-order valence-electron chi connectivity index (χ2n) is 3.81. The van der Waals surface area contributed by atoms with Crippen LogP contribution in [-0.4, -0.2) is 43.0 Å². The zero-order valence-corrected chi connectivity index (χ0v) is 11.5. The highest BCUT2D eigenvalue weighted by Crippen LogP contribution is 2.27. The number of carbonyl (C=O) groups excluding carboxylic acids is 1. The molecule has 94 valence electrons. The Kier molecular flexibility index (Phi) is 4.82. The number of carbonyl (C=O) groups is 1. The number of anilines is 1. The van der Waals surface area contributed by atoms with Gasteiger partial charge in [0.2, 0.25) is 0 Å². The van der Waals surface area contributed by atoms with Crippen LogP contribution in [0.1, 0.15) is 21.8 Å². The van der Waals surface area contributed by atoms with E-state index in [0.717, 1.165) is 36.0 Å². The molecule has 2 heterocycles. The maximum Gasteiger partial charge on any atom is 0.186 e. The van der Waals surface area contributed by atoms with Crippen molar-refractivity contribution in [2.45, 2.75) is 13.0 Å². The van der Waals surface area contributed by atoms with E-state index in [9.17, 15) is 4.79 Å². The molecule has 1 aromatic rings. The molecule has 4 nitrogen and oxygen atoms in total. The Hall–Kier alpha value is -0.590. The summed E-state index contributed by atoms with van der Waals surface area (Å²) in [5.74, 6) is 2.35. The lowest BCUT2D eigenvalue weighted by Crippen LogP contribution is -2.25. The van der Waals surface area contributed by atoms with Gasteiger partial charge >= 0.3 is 0 Å². The van der Waals surface area contributed by atoms with Crippen LogP contribution in [-0.2, 0) is 11.3 Å². The lowest BCUT2D eigenvalue weighted by molar-refractivity contribution is 0.112. The third-order valence-corrected chi connectivity index (χ3v) is 4.73. The molecule has 1 fully saturated rings. The van der Waals surface area contributed by atoms with Crippen molar-refractivity contribution in [2.24, 2.45) is 0 Å². The summed E-state index contributed by atoms with van der Waals surface area (Å²) in [5.41, 5.74) is 0.763. The van der Waals surface area contributed by atoms with Crippen molar-refractivity contribution in [3.8, 4) is 0 Å². The molecule has 6 heteroatoms. The van der Waals surface area contributed by atoms with E-state index in [1.54, 1.807) is 7.11 Å². The first-order valence-electron chi connectivity index (χ1n) is 5.61. The second kappa shape index (κ2) is 6.37. The van der Waals surface area contributed by atoms with Crippen LogP contribution in [0.25, 0.3) is 0 Å². The average molecular weight is 272 g/mol. The van der Waals surface area contributed by atoms with Crippen molar-refractivity contribution < 1.29 is 9.53 Å². The van der Waals surface area contributed by atoms with E-state index in [0.29, 0.717) is 11.5 Å². The van der Waals surface area contributed by atoms with E-state index in [4.69, 9.17) is 4.74 Å². The number of hydrogen-bond donors (Lipinski definition) is 0. The number of aromatic nitrogens is 1. The van der Waals surface area contributed by atoms with Gasteiger partial charge in [-0.15, -0.1) is 0 Å². The maximum atomic E-state index is 11.0. The fourth-order valence-corrected chi connectivity index (χ4v) is 3.58. The predicted molar refractivity (Wildman–Crippen MR) is 72.4 cm³/mol. The van der Waals surface area contributed by atoms with E-state index in [1.165, 1.54) is 23.5 Å². The first kappa shape index (κ1) is 12.9. The molecule has 0 unspecified atom stereocenters. The van der Waals surface area contributed by atoms with Crippen molar-refractivity contribution in [1.82, 2.24) is 4.98 Å². The van der Waals surface area contributed by atoms with E-state index in [-0.39, 0.29) is 0 Å². The van der Waals surface area contributed by atoms with Gasteiger partial charge in [0, 0.05) is 26.0 Å². The van der Waals surface area contributed by atoms with Crippen molar-refractivity contribution >= 4 is 34.5 Å². The summed E-state index contributed by atoms with van der Waals surface area (Å²) in [6, 6.07) is 0. The molecule has 0 bridgehead atoms. The molecular formula is C11H16N2O2S2. The van der Waals surface area contributed by atoms with Crippen LogP contribution in [0.15, 0.2) is 0 Å². The summed E-state index contributed by atoms with van der Waals surface area (Å²) >= 11 is 3.45. The van der Waals surface area contributed by atoms with Crippen LogP contribution in [0.4, 0.5) is 5.13 Å². The molecule has 2 rings (SSSR count). The molecule has 1 aliphatic heterocycles. The maximum absolute atomic E-state index is 11.0. The Balaban J connectivity index is 2.16. The highest BCUT2D eigenvalue weighted by Gasteiger charge is 2.17. The number of ether oxygens (including phenoxy) is 1. The van der Waals surface area contributed by atoms with Gasteiger partial charge in [0.1, 0.15) is 0 Å². The Morgan fingerprint density at radius 1 is 1.47 bits per heavy atom. The predicted octanol–water partition coefficient (Wildman–Crippen LogP) is 2.05. The minimum absolute atomic E-state index is 0.410. The topological polar surface area (TPSA) is 42.4 Å². The molecule has 1 aromatic heterocycles. The van der Waals surface area contributed by atoms with E-state index in [1.807, 2.05) is 11.8 Å². The Bertz CT molecular complexity index is 374. The molecule has 0 amide bonds. The quantitative estimate of drug-likeness (QED) is 0.785. The van der Waals surface area contributed by atoms with E-state index < -0.39 is 0 Å². The van der Waals surface area contributed by atoms with Gasteiger partial charge in [-0.2, -0.15) is 11.8 Å². The van der Waals surface area contributed by atoms with Crippen LogP contribution >= 0.6 is 23.1 Å². The molecule has 0 N–H and O–H groups in total. The standard InChI is InChI=1S/C11H16N2O2S2/c1-15-8-9-10(7-14)17-11(12-9)13-3-2-5-16-6-4-13/h7H,2-6,8H2,1H3. The summed E-state index contributed by atoms with van der Waals surface area (Å²) < 4.78 is 5.06. The van der Waals surface area contributed by atoms with Crippen LogP contribution in [0.3, 0.4) is 0 Å². The number of hydrogen-bond acceptors (Lipinski definition) is 6. The number of aldehydes is 1. The zero-order valence-electron chi connectivity index (χ0n) is 9.85. The second-order valence-corrected chi connectivity index (χ2v) is 6.05. The van der Waals surface area contributed by atoms with Crippen molar-refractivity contribution in [2.75, 3.05) is 36.6 Å². The monoisotopic (exact) mass is 272 g/mol. The first-order chi connectivity index (χ1) is 8.35. The van der Waals surface area contributed by atoms with Gasteiger partial charge in [-0.1, -0.05) is 11.3 Å². The van der Waals surface area contributed by atoms with Crippen LogP contribution in [0, 0.1) is 0 Å². The molecular weight excluding hydrogens is 256 g/mol. The molecule has 0 saturated carbocycles. The SMILES string of the molecule is COCc1nc(N2CCCSCC2)sc1C=O. The smallest absolute Gasteiger partial charge is 0.186 e. The number of thiazole rings is 1. The molecule has 0 radical (unpaired) electrons. The largest absolute Gasteiger partial charge is 0.378 e. The van der Waals surface area contributed by atoms with Crippen molar-refractivity contribution in [3.05, 3.63) is 10.6 Å². The summed E-state index contributed by atoms with van der Waals surface area (Å²) in [4.78, 5) is 18.4. The summed E-state index contributed by atoms with van der Waals surface area (Å²) in [6.07, 6.45) is 2.06. The van der Waals surface area contributed by atoms with Gasteiger partial charge in [-0.3, -0.25) is 4.79 Å². The Labute approximate surface area is 109 Å². The first-order valence-corrected chi connectivity index (χ1v) is 7.58. The number of nitrogens with zero attached hydrogens (tertiary/aromatic N) is 2. The highest BCUT2D eigenvalue weighted by molar-refractivity contribution is 7.99. The average Bonchev–Trinajstić information content (AvgIpc) is 2.58. The summed E-state index contributed by atoms with van der Waals surface area (Å²) in [6.45, 7) is 2.46. The molecule has 0 aromatic carbocycles. The van der Waals surface area contributed by atoms with Crippen LogP contribution in [0.5, 0.6) is 0 Å². The lowest BCUT2D eigenvalue weighted by atomic mass is 10.4. The van der Waals surface area contributed by atoms with Gasteiger partial charge in [0.25, 0.3) is 0 Å². The third kappa shape index (κ3) is 3.20. The molecule has 0 aliphatic carbocycles.